The number of thiophene rings is 1. The van der Waals surface area contributed by atoms with Crippen LogP contribution in [0, 0.1) is 17.8 Å². The highest BCUT2D eigenvalue weighted by Gasteiger charge is 2.28. The van der Waals surface area contributed by atoms with E-state index in [-0.39, 0.29) is 17.9 Å². The molecular formula is C22H29NO4S. The molecule has 2 heterocycles. The maximum absolute atomic E-state index is 12.2. The summed E-state index contributed by atoms with van der Waals surface area (Å²) in [6.07, 6.45) is 7.52. The van der Waals surface area contributed by atoms with Crippen molar-refractivity contribution in [3.8, 4) is 11.8 Å². The van der Waals surface area contributed by atoms with Crippen molar-refractivity contribution in [2.75, 3.05) is 6.54 Å². The molecule has 1 aliphatic heterocycles. The van der Waals surface area contributed by atoms with Gasteiger partial charge in [0, 0.05) is 30.7 Å². The third-order valence-electron chi connectivity index (χ3n) is 4.91. The van der Waals surface area contributed by atoms with Crippen LogP contribution < -0.4 is 0 Å². The molecule has 3 atom stereocenters. The molecule has 1 saturated heterocycles. The summed E-state index contributed by atoms with van der Waals surface area (Å²) in [6, 6.07) is 3.49. The summed E-state index contributed by atoms with van der Waals surface area (Å²) < 4.78 is 0. The fourth-order valence-corrected chi connectivity index (χ4v) is 4.10. The number of aryl methyl sites for hydroxylation is 1. The fraction of sp³-hybridized carbons (Fsp3) is 0.545. The molecule has 0 spiro atoms. The van der Waals surface area contributed by atoms with Crippen LogP contribution in [-0.2, 0) is 11.2 Å². The van der Waals surface area contributed by atoms with E-state index in [0.29, 0.717) is 24.3 Å². The molecule has 0 aromatic carbocycles. The number of nitrogens with zero attached hydrogens (tertiary/aromatic N) is 1. The molecule has 5 nitrogen and oxygen atoms in total. The lowest BCUT2D eigenvalue weighted by molar-refractivity contribution is -0.128. The van der Waals surface area contributed by atoms with Gasteiger partial charge in [-0.05, 0) is 37.3 Å². The molecule has 2 N–H and O–H groups in total. The predicted molar refractivity (Wildman–Crippen MR) is 111 cm³/mol. The minimum Gasteiger partial charge on any atom is -0.477 e. The first-order valence-corrected chi connectivity index (χ1v) is 10.7. The number of amides is 1. The van der Waals surface area contributed by atoms with Crippen molar-refractivity contribution < 1.29 is 19.8 Å². The lowest BCUT2D eigenvalue weighted by atomic mass is 10.00. The van der Waals surface area contributed by atoms with E-state index in [1.165, 1.54) is 11.3 Å². The Morgan fingerprint density at radius 2 is 2.21 bits per heavy atom. The summed E-state index contributed by atoms with van der Waals surface area (Å²) in [6.45, 7) is 4.62. The number of hydrogen-bond donors (Lipinski definition) is 2. The van der Waals surface area contributed by atoms with Crippen LogP contribution in [0.4, 0.5) is 0 Å². The zero-order valence-corrected chi connectivity index (χ0v) is 17.4. The van der Waals surface area contributed by atoms with Gasteiger partial charge in [0.15, 0.2) is 0 Å². The molecule has 1 aromatic rings. The number of likely N-dealkylation sites (tertiary alicyclic amines) is 1. The van der Waals surface area contributed by atoms with E-state index in [9.17, 15) is 14.7 Å². The second kappa shape index (κ2) is 11.0. The average molecular weight is 404 g/mol. The zero-order chi connectivity index (χ0) is 20.5. The van der Waals surface area contributed by atoms with E-state index >= 15 is 0 Å². The van der Waals surface area contributed by atoms with Gasteiger partial charge in [-0.2, -0.15) is 0 Å². The number of aliphatic hydroxyl groups excluding tert-OH is 1. The Morgan fingerprint density at radius 1 is 1.43 bits per heavy atom. The van der Waals surface area contributed by atoms with Crippen molar-refractivity contribution in [3.63, 3.8) is 0 Å². The van der Waals surface area contributed by atoms with Crippen molar-refractivity contribution in [3.05, 3.63) is 34.0 Å². The molecule has 1 amide bonds. The van der Waals surface area contributed by atoms with Crippen molar-refractivity contribution in [1.29, 1.82) is 0 Å². The van der Waals surface area contributed by atoms with Crippen molar-refractivity contribution >= 4 is 23.2 Å². The van der Waals surface area contributed by atoms with Gasteiger partial charge < -0.3 is 15.1 Å². The summed E-state index contributed by atoms with van der Waals surface area (Å²) in [5, 5.41) is 19.3. The molecule has 0 aliphatic carbocycles. The Balaban J connectivity index is 1.85. The van der Waals surface area contributed by atoms with E-state index in [2.05, 4.69) is 11.8 Å². The van der Waals surface area contributed by atoms with Crippen molar-refractivity contribution in [2.24, 2.45) is 5.92 Å². The number of carbonyl (C=O) groups excluding carboxylic acids is 1. The number of carboxylic acid groups (broad SMARTS) is 1. The minimum atomic E-state index is -0.898. The number of aliphatic hydroxyl groups is 1. The molecular weight excluding hydrogens is 374 g/mol. The lowest BCUT2D eigenvalue weighted by Gasteiger charge is -2.23. The maximum atomic E-state index is 12.2. The molecule has 1 fully saturated rings. The molecule has 0 saturated carbocycles. The summed E-state index contributed by atoms with van der Waals surface area (Å²) in [5.74, 6) is 5.39. The Labute approximate surface area is 171 Å². The van der Waals surface area contributed by atoms with Gasteiger partial charge in [0.05, 0.1) is 12.1 Å². The second-order valence-electron chi connectivity index (χ2n) is 7.13. The molecule has 6 heteroatoms. The highest BCUT2D eigenvalue weighted by atomic mass is 32.1. The van der Waals surface area contributed by atoms with Crippen LogP contribution >= 0.6 is 11.3 Å². The van der Waals surface area contributed by atoms with E-state index in [1.54, 1.807) is 12.1 Å². The Hall–Kier alpha value is -2.10. The summed E-state index contributed by atoms with van der Waals surface area (Å²) >= 11 is 1.29. The minimum absolute atomic E-state index is 0.0222. The Bertz CT molecular complexity index is 758. The fourth-order valence-electron chi connectivity index (χ4n) is 3.21. The van der Waals surface area contributed by atoms with Gasteiger partial charge in [-0.15, -0.1) is 23.2 Å². The van der Waals surface area contributed by atoms with E-state index in [1.807, 2.05) is 30.9 Å². The first kappa shape index (κ1) is 22.2. The number of hydrogen-bond acceptors (Lipinski definition) is 4. The lowest BCUT2D eigenvalue weighted by Crippen LogP contribution is -2.33. The highest BCUT2D eigenvalue weighted by molar-refractivity contribution is 7.13. The first-order valence-electron chi connectivity index (χ1n) is 9.86. The summed E-state index contributed by atoms with van der Waals surface area (Å²) in [5.41, 5.74) is 0. The third-order valence-corrected chi connectivity index (χ3v) is 6.04. The summed E-state index contributed by atoms with van der Waals surface area (Å²) in [7, 11) is 0. The van der Waals surface area contributed by atoms with E-state index in [0.717, 1.165) is 30.6 Å². The third kappa shape index (κ3) is 6.50. The van der Waals surface area contributed by atoms with Crippen LogP contribution in [0.1, 0.15) is 60.5 Å². The number of carbonyl (C=O) groups is 2. The molecule has 152 valence electrons. The smallest absolute Gasteiger partial charge is 0.345 e. The highest BCUT2D eigenvalue weighted by Crippen LogP contribution is 2.23. The first-order chi connectivity index (χ1) is 13.4. The van der Waals surface area contributed by atoms with Crippen molar-refractivity contribution in [2.45, 2.75) is 64.5 Å². The van der Waals surface area contributed by atoms with Gasteiger partial charge in [0.2, 0.25) is 5.91 Å². The molecule has 1 aliphatic rings. The zero-order valence-electron chi connectivity index (χ0n) is 16.6. The molecule has 1 aromatic heterocycles. The quantitative estimate of drug-likeness (QED) is 0.486. The monoisotopic (exact) mass is 403 g/mol. The number of rotatable bonds is 9. The molecule has 0 radical (unpaired) electrons. The molecule has 28 heavy (non-hydrogen) atoms. The number of aromatic carboxylic acids is 1. The molecule has 2 rings (SSSR count). The average Bonchev–Trinajstić information content (AvgIpc) is 3.27. The standard InChI is InChI=1S/C22H29NO4S/c1-3-4-5-7-16(2)19(24)12-9-17-10-14-21(25)23(17)15-6-8-18-11-13-20(28-18)22(26)27/h9,11-13,16-17,19,24H,3,6-8,10,14-15H2,1-2H3,(H,26,27)/b12-9+. The van der Waals surface area contributed by atoms with Gasteiger partial charge in [0.1, 0.15) is 4.88 Å². The van der Waals surface area contributed by atoms with Crippen molar-refractivity contribution in [1.82, 2.24) is 4.90 Å². The van der Waals surface area contributed by atoms with E-state index in [4.69, 9.17) is 5.11 Å². The molecule has 0 bridgehead atoms. The van der Waals surface area contributed by atoms with Crippen LogP contribution in [0.3, 0.4) is 0 Å². The van der Waals surface area contributed by atoms with Crippen LogP contribution in [-0.4, -0.2) is 45.7 Å². The van der Waals surface area contributed by atoms with Gasteiger partial charge >= 0.3 is 5.97 Å². The number of carboxylic acids is 1. The van der Waals surface area contributed by atoms with Gasteiger partial charge in [-0.1, -0.05) is 26.0 Å². The Kier molecular flexibility index (Phi) is 8.75. The topological polar surface area (TPSA) is 77.8 Å². The van der Waals surface area contributed by atoms with Crippen LogP contribution in [0.15, 0.2) is 24.3 Å². The predicted octanol–water partition coefficient (Wildman–Crippen LogP) is 3.73. The maximum Gasteiger partial charge on any atom is 0.345 e. The summed E-state index contributed by atoms with van der Waals surface area (Å²) in [4.78, 5) is 26.4. The van der Waals surface area contributed by atoms with Gasteiger partial charge in [0.25, 0.3) is 0 Å². The molecule has 3 unspecified atom stereocenters. The van der Waals surface area contributed by atoms with E-state index < -0.39 is 12.1 Å². The normalized spacial score (nSPS) is 18.9. The Morgan fingerprint density at radius 3 is 2.89 bits per heavy atom. The van der Waals surface area contributed by atoms with Crippen LogP contribution in [0.5, 0.6) is 0 Å². The van der Waals surface area contributed by atoms with Crippen LogP contribution in [0.2, 0.25) is 0 Å². The second-order valence-corrected chi connectivity index (χ2v) is 8.30. The van der Waals surface area contributed by atoms with Gasteiger partial charge in [-0.25, -0.2) is 4.79 Å². The van der Waals surface area contributed by atoms with Gasteiger partial charge in [-0.3, -0.25) is 4.79 Å². The van der Waals surface area contributed by atoms with Crippen LogP contribution in [0.25, 0.3) is 0 Å². The SMILES string of the molecule is CCC#CCC(C)C(O)/C=C/C1CCC(=O)N1CCCc1ccc(C(=O)O)s1. The largest absolute Gasteiger partial charge is 0.477 e.